The number of carbonyl (C=O) groups is 1. The van der Waals surface area contributed by atoms with Gasteiger partial charge in [-0.05, 0) is 32.0 Å². The molecule has 1 aromatic carbocycles. The average molecular weight is 259 g/mol. The van der Waals surface area contributed by atoms with Gasteiger partial charge in [0.1, 0.15) is 11.6 Å². The maximum atomic E-state index is 12.2. The second kappa shape index (κ2) is 5.56. The summed E-state index contributed by atoms with van der Waals surface area (Å²) in [6, 6.07) is 8.89. The Morgan fingerprint density at radius 2 is 2.21 bits per heavy atom. The molecule has 0 aliphatic carbocycles. The summed E-state index contributed by atoms with van der Waals surface area (Å²) in [5, 5.41) is 7.14. The zero-order valence-electron chi connectivity index (χ0n) is 11.3. The topological polar surface area (TPSA) is 56.2 Å². The van der Waals surface area contributed by atoms with Gasteiger partial charge in [0.15, 0.2) is 0 Å². The standard InChI is InChI=1S/C14H17N3O2/c1-4-17-13(8-10(2)16-17)15-14(18)11-6-5-7-12(9-11)19-3/h5-9H,4H2,1-3H3,(H,15,18). The van der Waals surface area contributed by atoms with Crippen LogP contribution in [-0.4, -0.2) is 22.8 Å². The number of nitrogens with one attached hydrogen (secondary N) is 1. The van der Waals surface area contributed by atoms with Gasteiger partial charge in [0.05, 0.1) is 12.8 Å². The van der Waals surface area contributed by atoms with E-state index in [-0.39, 0.29) is 5.91 Å². The maximum absolute atomic E-state index is 12.2. The first-order valence-electron chi connectivity index (χ1n) is 6.14. The van der Waals surface area contributed by atoms with Crippen LogP contribution in [0.25, 0.3) is 0 Å². The molecule has 2 rings (SSSR count). The number of benzene rings is 1. The molecular weight excluding hydrogens is 242 g/mol. The van der Waals surface area contributed by atoms with Crippen molar-refractivity contribution >= 4 is 11.7 Å². The number of methoxy groups -OCH3 is 1. The number of aromatic nitrogens is 2. The predicted molar refractivity (Wildman–Crippen MR) is 73.6 cm³/mol. The van der Waals surface area contributed by atoms with Gasteiger partial charge in [-0.3, -0.25) is 4.79 Å². The molecule has 100 valence electrons. The average Bonchev–Trinajstić information content (AvgIpc) is 2.78. The highest BCUT2D eigenvalue weighted by atomic mass is 16.5. The summed E-state index contributed by atoms with van der Waals surface area (Å²) in [6.07, 6.45) is 0. The van der Waals surface area contributed by atoms with Crippen LogP contribution in [0.15, 0.2) is 30.3 Å². The van der Waals surface area contributed by atoms with Crippen LogP contribution in [0.4, 0.5) is 5.82 Å². The van der Waals surface area contributed by atoms with Gasteiger partial charge in [0.2, 0.25) is 0 Å². The lowest BCUT2D eigenvalue weighted by Crippen LogP contribution is -2.15. The number of hydrogen-bond acceptors (Lipinski definition) is 3. The van der Waals surface area contributed by atoms with Gasteiger partial charge >= 0.3 is 0 Å². The lowest BCUT2D eigenvalue weighted by molar-refractivity contribution is 0.102. The SMILES string of the molecule is CCn1nc(C)cc1NC(=O)c1cccc(OC)c1. The van der Waals surface area contributed by atoms with Crippen molar-refractivity contribution in [2.24, 2.45) is 0 Å². The summed E-state index contributed by atoms with van der Waals surface area (Å²) in [6.45, 7) is 4.59. The van der Waals surface area contributed by atoms with Gasteiger partial charge in [-0.25, -0.2) is 4.68 Å². The summed E-state index contributed by atoms with van der Waals surface area (Å²) in [4.78, 5) is 12.2. The van der Waals surface area contributed by atoms with E-state index >= 15 is 0 Å². The molecule has 19 heavy (non-hydrogen) atoms. The van der Waals surface area contributed by atoms with Crippen LogP contribution < -0.4 is 10.1 Å². The molecule has 0 atom stereocenters. The van der Waals surface area contributed by atoms with E-state index in [0.29, 0.717) is 23.7 Å². The largest absolute Gasteiger partial charge is 0.497 e. The molecule has 0 spiro atoms. The van der Waals surface area contributed by atoms with Gasteiger partial charge in [-0.2, -0.15) is 5.10 Å². The molecule has 1 N–H and O–H groups in total. The van der Waals surface area contributed by atoms with E-state index in [0.717, 1.165) is 5.69 Å². The Bertz CT molecular complexity index is 590. The number of carbonyl (C=O) groups excluding carboxylic acids is 1. The first kappa shape index (κ1) is 13.1. The quantitative estimate of drug-likeness (QED) is 0.917. The first-order chi connectivity index (χ1) is 9.13. The summed E-state index contributed by atoms with van der Waals surface area (Å²) in [7, 11) is 1.58. The van der Waals surface area contributed by atoms with E-state index in [2.05, 4.69) is 10.4 Å². The molecule has 5 heteroatoms. The number of ether oxygens (including phenoxy) is 1. The Hall–Kier alpha value is -2.30. The Labute approximate surface area is 112 Å². The van der Waals surface area contributed by atoms with E-state index in [1.54, 1.807) is 36.1 Å². The lowest BCUT2D eigenvalue weighted by atomic mass is 10.2. The first-order valence-corrected chi connectivity index (χ1v) is 6.14. The molecule has 0 saturated heterocycles. The molecule has 0 aliphatic rings. The fourth-order valence-electron chi connectivity index (χ4n) is 1.84. The Kier molecular flexibility index (Phi) is 3.85. The molecule has 2 aromatic rings. The molecule has 0 radical (unpaired) electrons. The van der Waals surface area contributed by atoms with Crippen LogP contribution >= 0.6 is 0 Å². The summed E-state index contributed by atoms with van der Waals surface area (Å²) < 4.78 is 6.86. The molecule has 0 aliphatic heterocycles. The zero-order valence-corrected chi connectivity index (χ0v) is 11.3. The Balaban J connectivity index is 2.20. The third-order valence-corrected chi connectivity index (χ3v) is 2.78. The minimum atomic E-state index is -0.173. The van der Waals surface area contributed by atoms with Crippen molar-refractivity contribution in [2.75, 3.05) is 12.4 Å². The van der Waals surface area contributed by atoms with Crippen molar-refractivity contribution in [2.45, 2.75) is 20.4 Å². The fourth-order valence-corrected chi connectivity index (χ4v) is 1.84. The van der Waals surface area contributed by atoms with Crippen molar-refractivity contribution in [3.63, 3.8) is 0 Å². The molecule has 1 amide bonds. The van der Waals surface area contributed by atoms with Gasteiger partial charge < -0.3 is 10.1 Å². The monoisotopic (exact) mass is 259 g/mol. The third-order valence-electron chi connectivity index (χ3n) is 2.78. The van der Waals surface area contributed by atoms with E-state index in [9.17, 15) is 4.79 Å². The molecule has 0 fully saturated rings. The van der Waals surface area contributed by atoms with Gasteiger partial charge in [0, 0.05) is 18.2 Å². The van der Waals surface area contributed by atoms with Gasteiger partial charge in [0.25, 0.3) is 5.91 Å². The van der Waals surface area contributed by atoms with Crippen LogP contribution in [0, 0.1) is 6.92 Å². The van der Waals surface area contributed by atoms with Crippen LogP contribution in [0.1, 0.15) is 23.0 Å². The maximum Gasteiger partial charge on any atom is 0.256 e. The minimum Gasteiger partial charge on any atom is -0.497 e. The van der Waals surface area contributed by atoms with Crippen molar-refractivity contribution < 1.29 is 9.53 Å². The molecule has 5 nitrogen and oxygen atoms in total. The van der Waals surface area contributed by atoms with E-state index in [4.69, 9.17) is 4.74 Å². The lowest BCUT2D eigenvalue weighted by Gasteiger charge is -2.07. The van der Waals surface area contributed by atoms with E-state index in [1.165, 1.54) is 0 Å². The fraction of sp³-hybridized carbons (Fsp3) is 0.286. The highest BCUT2D eigenvalue weighted by Crippen LogP contribution is 2.15. The van der Waals surface area contributed by atoms with Gasteiger partial charge in [-0.1, -0.05) is 6.07 Å². The van der Waals surface area contributed by atoms with Crippen LogP contribution in [-0.2, 0) is 6.54 Å². The van der Waals surface area contributed by atoms with Crippen LogP contribution in [0.2, 0.25) is 0 Å². The minimum absolute atomic E-state index is 0.173. The number of anilines is 1. The molecule has 0 saturated carbocycles. The molecule has 0 bridgehead atoms. The highest BCUT2D eigenvalue weighted by molar-refractivity contribution is 6.04. The third kappa shape index (κ3) is 2.93. The van der Waals surface area contributed by atoms with Crippen molar-refractivity contribution in [1.82, 2.24) is 9.78 Å². The number of nitrogens with zero attached hydrogens (tertiary/aromatic N) is 2. The smallest absolute Gasteiger partial charge is 0.256 e. The second-order valence-electron chi connectivity index (χ2n) is 4.17. The normalized spacial score (nSPS) is 10.3. The molecule has 0 unspecified atom stereocenters. The predicted octanol–water partition coefficient (Wildman–Crippen LogP) is 2.47. The number of aryl methyl sites for hydroxylation is 2. The highest BCUT2D eigenvalue weighted by Gasteiger charge is 2.10. The summed E-state index contributed by atoms with van der Waals surface area (Å²) in [5.41, 5.74) is 1.43. The molecule has 1 aromatic heterocycles. The number of hydrogen-bond donors (Lipinski definition) is 1. The van der Waals surface area contributed by atoms with Crippen molar-refractivity contribution in [1.29, 1.82) is 0 Å². The second-order valence-corrected chi connectivity index (χ2v) is 4.17. The summed E-state index contributed by atoms with van der Waals surface area (Å²) in [5.74, 6) is 1.19. The van der Waals surface area contributed by atoms with Crippen LogP contribution in [0.3, 0.4) is 0 Å². The zero-order chi connectivity index (χ0) is 13.8. The van der Waals surface area contributed by atoms with E-state index in [1.807, 2.05) is 19.9 Å². The van der Waals surface area contributed by atoms with Crippen molar-refractivity contribution in [3.05, 3.63) is 41.6 Å². The van der Waals surface area contributed by atoms with Crippen LogP contribution in [0.5, 0.6) is 5.75 Å². The number of amides is 1. The molecular formula is C14H17N3O2. The van der Waals surface area contributed by atoms with Gasteiger partial charge in [-0.15, -0.1) is 0 Å². The van der Waals surface area contributed by atoms with E-state index < -0.39 is 0 Å². The Morgan fingerprint density at radius 1 is 1.42 bits per heavy atom. The Morgan fingerprint density at radius 3 is 2.89 bits per heavy atom. The number of rotatable bonds is 4. The van der Waals surface area contributed by atoms with Crippen molar-refractivity contribution in [3.8, 4) is 5.75 Å². The molecule has 1 heterocycles. The summed E-state index contributed by atoms with van der Waals surface area (Å²) >= 11 is 0.